The van der Waals surface area contributed by atoms with E-state index in [1.165, 1.54) is 5.57 Å². The molecule has 0 spiro atoms. The van der Waals surface area contributed by atoms with Gasteiger partial charge >= 0.3 is 0 Å². The van der Waals surface area contributed by atoms with Crippen LogP contribution in [-0.2, 0) is 0 Å². The first-order chi connectivity index (χ1) is 6.59. The fourth-order valence-corrected chi connectivity index (χ4v) is 1.13. The molecule has 2 heteroatoms. The van der Waals surface area contributed by atoms with Gasteiger partial charge in [-0.3, -0.25) is 0 Å². The molecule has 0 aromatic heterocycles. The summed E-state index contributed by atoms with van der Waals surface area (Å²) in [5.41, 5.74) is 8.75. The van der Waals surface area contributed by atoms with Crippen molar-refractivity contribution in [2.45, 2.75) is 20.8 Å². The summed E-state index contributed by atoms with van der Waals surface area (Å²) in [7, 11) is 0. The van der Waals surface area contributed by atoms with Crippen LogP contribution >= 0.6 is 0 Å². The van der Waals surface area contributed by atoms with E-state index in [2.05, 4.69) is 19.9 Å². The first-order valence-corrected chi connectivity index (χ1v) is 4.72. The van der Waals surface area contributed by atoms with E-state index < -0.39 is 0 Å². The highest BCUT2D eigenvalue weighted by Crippen LogP contribution is 2.19. The van der Waals surface area contributed by atoms with E-state index in [4.69, 9.17) is 10.5 Å². The van der Waals surface area contributed by atoms with Gasteiger partial charge < -0.3 is 10.5 Å². The summed E-state index contributed by atoms with van der Waals surface area (Å²) >= 11 is 0. The van der Waals surface area contributed by atoms with Gasteiger partial charge in [-0.05, 0) is 50.6 Å². The van der Waals surface area contributed by atoms with E-state index in [0.717, 1.165) is 17.0 Å². The summed E-state index contributed by atoms with van der Waals surface area (Å²) in [6, 6.07) is 5.67. The Balaban J connectivity index is 2.64. The van der Waals surface area contributed by atoms with Crippen LogP contribution in [0.2, 0.25) is 0 Å². The predicted molar refractivity (Wildman–Crippen MR) is 60.5 cm³/mol. The number of aryl methyl sites for hydroxylation is 1. The summed E-state index contributed by atoms with van der Waals surface area (Å²) in [5, 5.41) is 0. The number of hydrogen-bond acceptors (Lipinski definition) is 2. The lowest BCUT2D eigenvalue weighted by atomic mass is 10.2. The smallest absolute Gasteiger partial charge is 0.122 e. The van der Waals surface area contributed by atoms with Crippen LogP contribution in [0.1, 0.15) is 19.4 Å². The number of nitrogen functional groups attached to an aromatic ring is 1. The van der Waals surface area contributed by atoms with Crippen LogP contribution in [-0.4, -0.2) is 6.61 Å². The van der Waals surface area contributed by atoms with Crippen LogP contribution < -0.4 is 10.5 Å². The van der Waals surface area contributed by atoms with Gasteiger partial charge in [0.1, 0.15) is 12.4 Å². The second-order valence-corrected chi connectivity index (χ2v) is 3.62. The SMILES string of the molecule is CC(C)=CCOc1ccc(N)cc1C. The maximum Gasteiger partial charge on any atom is 0.122 e. The Bertz CT molecular complexity index is 338. The van der Waals surface area contributed by atoms with Crippen molar-refractivity contribution in [1.29, 1.82) is 0 Å². The average molecular weight is 191 g/mol. The Hall–Kier alpha value is -1.44. The Kier molecular flexibility index (Phi) is 3.57. The van der Waals surface area contributed by atoms with E-state index >= 15 is 0 Å². The summed E-state index contributed by atoms with van der Waals surface area (Å²) < 4.78 is 5.57. The van der Waals surface area contributed by atoms with Gasteiger partial charge in [-0.25, -0.2) is 0 Å². The van der Waals surface area contributed by atoms with E-state index in [9.17, 15) is 0 Å². The molecule has 1 rings (SSSR count). The zero-order valence-corrected chi connectivity index (χ0v) is 9.00. The molecule has 0 unspecified atom stereocenters. The Morgan fingerprint density at radius 1 is 1.43 bits per heavy atom. The lowest BCUT2D eigenvalue weighted by Gasteiger charge is -2.07. The van der Waals surface area contributed by atoms with Crippen molar-refractivity contribution in [2.75, 3.05) is 12.3 Å². The molecular weight excluding hydrogens is 174 g/mol. The topological polar surface area (TPSA) is 35.2 Å². The monoisotopic (exact) mass is 191 g/mol. The van der Waals surface area contributed by atoms with Crippen LogP contribution in [0.4, 0.5) is 5.69 Å². The largest absolute Gasteiger partial charge is 0.489 e. The highest BCUT2D eigenvalue weighted by atomic mass is 16.5. The van der Waals surface area contributed by atoms with Gasteiger partial charge in [-0.15, -0.1) is 0 Å². The molecule has 0 aliphatic heterocycles. The Labute approximate surface area is 85.4 Å². The van der Waals surface area contributed by atoms with Crippen molar-refractivity contribution in [2.24, 2.45) is 0 Å². The van der Waals surface area contributed by atoms with Gasteiger partial charge in [-0.1, -0.05) is 5.57 Å². The molecule has 0 saturated carbocycles. The van der Waals surface area contributed by atoms with Gasteiger partial charge in [0.15, 0.2) is 0 Å². The summed E-state index contributed by atoms with van der Waals surface area (Å²) in [4.78, 5) is 0. The quantitative estimate of drug-likeness (QED) is 0.589. The molecule has 1 aromatic carbocycles. The lowest BCUT2D eigenvalue weighted by molar-refractivity contribution is 0.359. The van der Waals surface area contributed by atoms with Gasteiger partial charge in [0.25, 0.3) is 0 Å². The lowest BCUT2D eigenvalue weighted by Crippen LogP contribution is -1.97. The third-order valence-electron chi connectivity index (χ3n) is 1.93. The zero-order valence-electron chi connectivity index (χ0n) is 9.00. The number of hydrogen-bond donors (Lipinski definition) is 1. The number of allylic oxidation sites excluding steroid dienone is 1. The van der Waals surface area contributed by atoms with Gasteiger partial charge in [-0.2, -0.15) is 0 Å². The number of benzene rings is 1. The van der Waals surface area contributed by atoms with E-state index in [1.54, 1.807) is 0 Å². The molecule has 0 bridgehead atoms. The first-order valence-electron chi connectivity index (χ1n) is 4.72. The van der Waals surface area contributed by atoms with Gasteiger partial charge in [0.2, 0.25) is 0 Å². The van der Waals surface area contributed by atoms with Crippen LogP contribution in [0.25, 0.3) is 0 Å². The van der Waals surface area contributed by atoms with Gasteiger partial charge in [0, 0.05) is 5.69 Å². The molecule has 2 nitrogen and oxygen atoms in total. The number of rotatable bonds is 3. The minimum atomic E-state index is 0.618. The molecule has 76 valence electrons. The molecule has 0 radical (unpaired) electrons. The minimum absolute atomic E-state index is 0.618. The highest BCUT2D eigenvalue weighted by Gasteiger charge is 1.97. The first kappa shape index (κ1) is 10.6. The van der Waals surface area contributed by atoms with E-state index in [1.807, 2.05) is 25.1 Å². The van der Waals surface area contributed by atoms with Crippen molar-refractivity contribution in [3.63, 3.8) is 0 Å². The molecule has 14 heavy (non-hydrogen) atoms. The summed E-state index contributed by atoms with van der Waals surface area (Å²) in [6.07, 6.45) is 2.05. The van der Waals surface area contributed by atoms with Crippen molar-refractivity contribution in [3.8, 4) is 5.75 Å². The highest BCUT2D eigenvalue weighted by molar-refractivity contribution is 5.47. The predicted octanol–water partition coefficient (Wildman–Crippen LogP) is 2.92. The zero-order chi connectivity index (χ0) is 10.6. The fraction of sp³-hybridized carbons (Fsp3) is 0.333. The van der Waals surface area contributed by atoms with Gasteiger partial charge in [0.05, 0.1) is 0 Å². The van der Waals surface area contributed by atoms with Crippen molar-refractivity contribution in [3.05, 3.63) is 35.4 Å². The number of nitrogens with two attached hydrogens (primary N) is 1. The molecule has 0 aliphatic rings. The molecule has 0 saturated heterocycles. The molecule has 0 amide bonds. The van der Waals surface area contributed by atoms with Crippen LogP contribution in [0, 0.1) is 6.92 Å². The third kappa shape index (κ3) is 3.13. The maximum absolute atomic E-state index is 5.64. The number of anilines is 1. The van der Waals surface area contributed by atoms with Crippen LogP contribution in [0.15, 0.2) is 29.8 Å². The van der Waals surface area contributed by atoms with E-state index in [-0.39, 0.29) is 0 Å². The molecule has 0 aliphatic carbocycles. The average Bonchev–Trinajstić information content (AvgIpc) is 2.08. The fourth-order valence-electron chi connectivity index (χ4n) is 1.13. The molecule has 2 N–H and O–H groups in total. The van der Waals surface area contributed by atoms with Crippen LogP contribution in [0.3, 0.4) is 0 Å². The Morgan fingerprint density at radius 2 is 2.14 bits per heavy atom. The molecule has 1 aromatic rings. The molecule has 0 fully saturated rings. The second-order valence-electron chi connectivity index (χ2n) is 3.62. The second kappa shape index (κ2) is 4.70. The normalized spacial score (nSPS) is 9.64. The van der Waals surface area contributed by atoms with Crippen molar-refractivity contribution >= 4 is 5.69 Å². The third-order valence-corrected chi connectivity index (χ3v) is 1.93. The number of ether oxygens (including phenoxy) is 1. The molecule has 0 heterocycles. The minimum Gasteiger partial charge on any atom is -0.489 e. The van der Waals surface area contributed by atoms with E-state index in [0.29, 0.717) is 6.61 Å². The van der Waals surface area contributed by atoms with Crippen molar-refractivity contribution in [1.82, 2.24) is 0 Å². The van der Waals surface area contributed by atoms with Crippen LogP contribution in [0.5, 0.6) is 5.75 Å². The summed E-state index contributed by atoms with van der Waals surface area (Å²) in [5.74, 6) is 0.900. The Morgan fingerprint density at radius 3 is 2.71 bits per heavy atom. The molecular formula is C12H17NO. The molecule has 0 atom stereocenters. The summed E-state index contributed by atoms with van der Waals surface area (Å²) in [6.45, 7) is 6.72. The maximum atomic E-state index is 5.64. The van der Waals surface area contributed by atoms with Crippen molar-refractivity contribution < 1.29 is 4.74 Å². The standard InChI is InChI=1S/C12H17NO/c1-9(2)6-7-14-12-5-4-11(13)8-10(12)3/h4-6,8H,7,13H2,1-3H3.